The molecule has 3 atom stereocenters. The van der Waals surface area contributed by atoms with Crippen LogP contribution < -0.4 is 10.2 Å². The van der Waals surface area contributed by atoms with E-state index in [-0.39, 0.29) is 17.4 Å². The van der Waals surface area contributed by atoms with Crippen molar-refractivity contribution in [2.75, 3.05) is 31.1 Å². The summed E-state index contributed by atoms with van der Waals surface area (Å²) in [4.78, 5) is 29.0. The number of hydrogen-bond donors (Lipinski definition) is 2. The Morgan fingerprint density at radius 3 is 2.79 bits per heavy atom. The van der Waals surface area contributed by atoms with Gasteiger partial charge in [0, 0.05) is 30.0 Å². The number of nitrogens with zero attached hydrogens (tertiary/aromatic N) is 2. The summed E-state index contributed by atoms with van der Waals surface area (Å²) in [6.07, 6.45) is 6.37. The number of likely N-dealkylation sites (tertiary alicyclic amines) is 1. The number of rotatable bonds is 6. The molecule has 2 aliphatic heterocycles. The Hall–Kier alpha value is -2.44. The lowest BCUT2D eigenvalue weighted by Crippen LogP contribution is -2.48. The van der Waals surface area contributed by atoms with Gasteiger partial charge in [-0.2, -0.15) is 0 Å². The van der Waals surface area contributed by atoms with E-state index in [1.807, 2.05) is 41.3 Å². The second kappa shape index (κ2) is 8.51. The third-order valence-electron chi connectivity index (χ3n) is 6.38. The molecule has 0 amide bonds. The van der Waals surface area contributed by atoms with Crippen LogP contribution in [0.3, 0.4) is 0 Å². The zero-order valence-electron chi connectivity index (χ0n) is 16.9. The number of carboxylic acids is 1. The summed E-state index contributed by atoms with van der Waals surface area (Å²) in [5.41, 5.74) is 1.40. The minimum Gasteiger partial charge on any atom is -0.477 e. The number of hydrogen-bond acceptors (Lipinski definition) is 5. The number of para-hydroxylation sites is 1. The standard InChI is InChI=1S/C23H29N3O3/c1-2-24-13-16-10-11-25(14-16)18-8-9-19-21(12-18)26(17-6-4-3-5-7-17)15-20(22(19)27)23(28)29/h3-7,9,15-16,18,21,24H,2,8,10-14H2,1H3,(H,28,29). The van der Waals surface area contributed by atoms with Gasteiger partial charge < -0.3 is 15.3 Å². The minimum atomic E-state index is -1.16. The van der Waals surface area contributed by atoms with E-state index in [1.54, 1.807) is 0 Å². The number of carbonyl (C=O) groups is 2. The number of nitrogens with one attached hydrogen (secondary N) is 1. The molecule has 1 saturated heterocycles. The van der Waals surface area contributed by atoms with E-state index in [9.17, 15) is 14.7 Å². The maximum absolute atomic E-state index is 12.8. The van der Waals surface area contributed by atoms with Crippen LogP contribution in [0.5, 0.6) is 0 Å². The molecule has 6 nitrogen and oxygen atoms in total. The lowest BCUT2D eigenvalue weighted by atomic mass is 9.82. The SMILES string of the molecule is CCNCC1CCN(C2CC=C3C(=O)C(C(=O)O)=CN(c4ccccc4)C3C2)C1. The largest absolute Gasteiger partial charge is 0.477 e. The number of carbonyl (C=O) groups excluding carboxylic acids is 1. The third-order valence-corrected chi connectivity index (χ3v) is 6.38. The zero-order valence-corrected chi connectivity index (χ0v) is 16.9. The van der Waals surface area contributed by atoms with Crippen molar-refractivity contribution in [3.8, 4) is 0 Å². The second-order valence-corrected chi connectivity index (χ2v) is 8.18. The normalized spacial score (nSPS) is 27.4. The van der Waals surface area contributed by atoms with Crippen LogP contribution in [0.25, 0.3) is 0 Å². The Labute approximate surface area is 171 Å². The first-order valence-electron chi connectivity index (χ1n) is 10.6. The predicted molar refractivity (Wildman–Crippen MR) is 113 cm³/mol. The highest BCUT2D eigenvalue weighted by Gasteiger charge is 2.41. The molecule has 2 heterocycles. The number of carboxylic acid groups (broad SMARTS) is 1. The number of Topliss-reactive ketones (excluding diaryl/α,β-unsaturated/α-hetero) is 1. The molecule has 1 aromatic carbocycles. The summed E-state index contributed by atoms with van der Waals surface area (Å²) >= 11 is 0. The average Bonchev–Trinajstić information content (AvgIpc) is 3.21. The second-order valence-electron chi connectivity index (χ2n) is 8.18. The van der Waals surface area contributed by atoms with Gasteiger partial charge in [0.05, 0.1) is 6.04 Å². The summed E-state index contributed by atoms with van der Waals surface area (Å²) in [6.45, 7) is 6.37. The molecule has 0 aromatic heterocycles. The van der Waals surface area contributed by atoms with Gasteiger partial charge in [-0.05, 0) is 56.9 Å². The van der Waals surface area contributed by atoms with E-state index in [0.717, 1.165) is 44.7 Å². The summed E-state index contributed by atoms with van der Waals surface area (Å²) in [5, 5.41) is 13.0. The quantitative estimate of drug-likeness (QED) is 0.721. The predicted octanol–water partition coefficient (Wildman–Crippen LogP) is 2.43. The summed E-state index contributed by atoms with van der Waals surface area (Å²) in [5.74, 6) is -0.820. The first kappa shape index (κ1) is 19.9. The van der Waals surface area contributed by atoms with Crippen molar-refractivity contribution in [2.45, 2.75) is 38.3 Å². The molecular formula is C23H29N3O3. The van der Waals surface area contributed by atoms with Crippen LogP contribution >= 0.6 is 0 Å². The van der Waals surface area contributed by atoms with Gasteiger partial charge in [0.2, 0.25) is 0 Å². The molecule has 0 radical (unpaired) electrons. The number of ketones is 1. The van der Waals surface area contributed by atoms with Crippen LogP contribution in [-0.4, -0.2) is 60.0 Å². The van der Waals surface area contributed by atoms with Crippen molar-refractivity contribution in [3.05, 3.63) is 53.8 Å². The van der Waals surface area contributed by atoms with E-state index in [4.69, 9.17) is 0 Å². The van der Waals surface area contributed by atoms with Crippen molar-refractivity contribution in [3.63, 3.8) is 0 Å². The molecule has 1 fully saturated rings. The van der Waals surface area contributed by atoms with E-state index >= 15 is 0 Å². The smallest absolute Gasteiger partial charge is 0.341 e. The van der Waals surface area contributed by atoms with Crippen LogP contribution in [0, 0.1) is 5.92 Å². The fourth-order valence-electron chi connectivity index (χ4n) is 4.84. The van der Waals surface area contributed by atoms with Crippen LogP contribution in [0.15, 0.2) is 53.8 Å². The topological polar surface area (TPSA) is 72.9 Å². The molecule has 0 bridgehead atoms. The van der Waals surface area contributed by atoms with Gasteiger partial charge in [-0.1, -0.05) is 31.2 Å². The first-order valence-corrected chi connectivity index (χ1v) is 10.6. The Balaban J connectivity index is 1.57. The molecule has 29 heavy (non-hydrogen) atoms. The Morgan fingerprint density at radius 2 is 2.07 bits per heavy atom. The molecule has 6 heteroatoms. The Bertz CT molecular complexity index is 833. The van der Waals surface area contributed by atoms with Gasteiger partial charge in [0.25, 0.3) is 0 Å². The molecular weight excluding hydrogens is 366 g/mol. The first-order chi connectivity index (χ1) is 14.1. The number of fused-ring (bicyclic) bond motifs is 1. The number of benzene rings is 1. The van der Waals surface area contributed by atoms with Gasteiger partial charge in [-0.15, -0.1) is 0 Å². The molecule has 1 aromatic rings. The fraction of sp³-hybridized carbons (Fsp3) is 0.478. The number of aliphatic carboxylic acids is 1. The van der Waals surface area contributed by atoms with Gasteiger partial charge in [-0.3, -0.25) is 9.69 Å². The zero-order chi connectivity index (χ0) is 20.4. The molecule has 154 valence electrons. The lowest BCUT2D eigenvalue weighted by molar-refractivity contribution is -0.134. The van der Waals surface area contributed by atoms with Crippen molar-refractivity contribution < 1.29 is 14.7 Å². The fourth-order valence-corrected chi connectivity index (χ4v) is 4.84. The lowest BCUT2D eigenvalue weighted by Gasteiger charge is -2.42. The Morgan fingerprint density at radius 1 is 1.28 bits per heavy atom. The van der Waals surface area contributed by atoms with Crippen LogP contribution in [0.2, 0.25) is 0 Å². The highest BCUT2D eigenvalue weighted by atomic mass is 16.4. The summed E-state index contributed by atoms with van der Waals surface area (Å²) in [6, 6.07) is 10.0. The average molecular weight is 396 g/mol. The molecule has 2 N–H and O–H groups in total. The van der Waals surface area contributed by atoms with Crippen LogP contribution in [0.1, 0.15) is 26.2 Å². The minimum absolute atomic E-state index is 0.112. The highest BCUT2D eigenvalue weighted by Crippen LogP contribution is 2.37. The molecule has 3 unspecified atom stereocenters. The third kappa shape index (κ3) is 4.00. The highest BCUT2D eigenvalue weighted by molar-refractivity contribution is 6.25. The van der Waals surface area contributed by atoms with Gasteiger partial charge in [-0.25, -0.2) is 4.79 Å². The van der Waals surface area contributed by atoms with Crippen LogP contribution in [0.4, 0.5) is 5.69 Å². The molecule has 4 rings (SSSR count). The van der Waals surface area contributed by atoms with Gasteiger partial charge in [0.15, 0.2) is 5.78 Å². The Kier molecular flexibility index (Phi) is 5.83. The molecule has 0 spiro atoms. The van der Waals surface area contributed by atoms with Crippen molar-refractivity contribution in [1.82, 2.24) is 10.2 Å². The van der Waals surface area contributed by atoms with Gasteiger partial charge >= 0.3 is 5.97 Å². The monoisotopic (exact) mass is 395 g/mol. The molecule has 0 saturated carbocycles. The maximum atomic E-state index is 12.8. The van der Waals surface area contributed by atoms with Gasteiger partial charge in [0.1, 0.15) is 5.57 Å². The van der Waals surface area contributed by atoms with E-state index < -0.39 is 5.97 Å². The summed E-state index contributed by atoms with van der Waals surface area (Å²) < 4.78 is 0. The summed E-state index contributed by atoms with van der Waals surface area (Å²) in [7, 11) is 0. The van der Waals surface area contributed by atoms with Crippen molar-refractivity contribution >= 4 is 17.4 Å². The molecule has 1 aliphatic carbocycles. The number of anilines is 1. The van der Waals surface area contributed by atoms with E-state index in [1.165, 1.54) is 12.6 Å². The van der Waals surface area contributed by atoms with E-state index in [0.29, 0.717) is 17.5 Å². The van der Waals surface area contributed by atoms with Crippen LogP contribution in [-0.2, 0) is 9.59 Å². The van der Waals surface area contributed by atoms with E-state index in [2.05, 4.69) is 17.1 Å². The molecule has 3 aliphatic rings. The van der Waals surface area contributed by atoms with Crippen molar-refractivity contribution in [2.24, 2.45) is 5.92 Å². The maximum Gasteiger partial charge on any atom is 0.341 e. The van der Waals surface area contributed by atoms with Crippen molar-refractivity contribution in [1.29, 1.82) is 0 Å².